The fourth-order valence-electron chi connectivity index (χ4n) is 8.65. The largest absolute Gasteiger partial charge is 0.496 e. The van der Waals surface area contributed by atoms with Gasteiger partial charge in [-0.3, -0.25) is 0 Å². The summed E-state index contributed by atoms with van der Waals surface area (Å²) in [7, 11) is 10.4. The van der Waals surface area contributed by atoms with E-state index in [-0.39, 0.29) is 0 Å². The minimum Gasteiger partial charge on any atom is -0.496 e. The van der Waals surface area contributed by atoms with Crippen LogP contribution in [0, 0.1) is 0 Å². The van der Waals surface area contributed by atoms with E-state index in [4.69, 9.17) is 28.4 Å². The molecule has 1 aliphatic rings. The molecule has 7 rings (SSSR count). The second-order valence-electron chi connectivity index (χ2n) is 14.6. The summed E-state index contributed by atoms with van der Waals surface area (Å²) in [5, 5.41) is 0. The van der Waals surface area contributed by atoms with Gasteiger partial charge in [-0.2, -0.15) is 0 Å². The van der Waals surface area contributed by atoms with Gasteiger partial charge in [0.05, 0.1) is 42.7 Å². The number of fused-ring (bicyclic) bond motifs is 12. The van der Waals surface area contributed by atoms with Gasteiger partial charge in [0.15, 0.2) is 0 Å². The zero-order valence-electron chi connectivity index (χ0n) is 33.9. The Bertz CT molecular complexity index is 2010. The highest BCUT2D eigenvalue weighted by Gasteiger charge is 2.24. The van der Waals surface area contributed by atoms with Crippen molar-refractivity contribution in [2.45, 2.75) is 38.5 Å². The quantitative estimate of drug-likeness (QED) is 0.165. The van der Waals surface area contributed by atoms with Crippen LogP contribution >= 0.6 is 95.6 Å². The van der Waals surface area contributed by atoms with Crippen molar-refractivity contribution in [2.24, 2.45) is 0 Å². The molecule has 0 fully saturated rings. The Morgan fingerprint density at radius 2 is 0.333 bits per heavy atom. The van der Waals surface area contributed by atoms with Crippen LogP contribution in [0.5, 0.6) is 34.5 Å². The van der Waals surface area contributed by atoms with Crippen LogP contribution in [0.2, 0.25) is 0 Å². The third-order valence-electron chi connectivity index (χ3n) is 10.8. The number of hydrogen-bond acceptors (Lipinski definition) is 6. The Kier molecular flexibility index (Phi) is 14.7. The molecule has 0 radical (unpaired) electrons. The lowest BCUT2D eigenvalue weighted by molar-refractivity contribution is 0.395. The van der Waals surface area contributed by atoms with Crippen molar-refractivity contribution in [1.29, 1.82) is 0 Å². The number of benzene rings is 6. The van der Waals surface area contributed by atoms with Gasteiger partial charge >= 0.3 is 0 Å². The highest BCUT2D eigenvalue weighted by atomic mass is 79.9. The Balaban J connectivity index is 1.49. The van der Waals surface area contributed by atoms with Gasteiger partial charge in [0.1, 0.15) is 34.5 Å². The standard InChI is InChI=1S/C48H42Br6O6/c1-55-43-25-7-27-15-38(50)17-29(44(27)56-2)9-31-19-40(52)21-33(46(31)58-4)11-35-23-42(54)24-36(48(35)60-6)12-34-22-41(53)20-32(47(34)59-5)10-30-18-39(51)16-28(45(30)57-3)8-26(43)14-37(49)13-25/h13-24H,7-12H2,1-6H3. The van der Waals surface area contributed by atoms with Crippen LogP contribution in [-0.4, -0.2) is 42.7 Å². The van der Waals surface area contributed by atoms with E-state index in [1.165, 1.54) is 0 Å². The van der Waals surface area contributed by atoms with Crippen LogP contribution in [0.15, 0.2) is 99.6 Å². The van der Waals surface area contributed by atoms with E-state index in [0.29, 0.717) is 38.5 Å². The third-order valence-corrected chi connectivity index (χ3v) is 13.5. The highest BCUT2D eigenvalue weighted by Crippen LogP contribution is 2.43. The van der Waals surface area contributed by atoms with Crippen LogP contribution < -0.4 is 28.4 Å². The van der Waals surface area contributed by atoms with E-state index < -0.39 is 0 Å². The van der Waals surface area contributed by atoms with E-state index in [0.717, 1.165) is 128 Å². The van der Waals surface area contributed by atoms with E-state index in [1.807, 2.05) is 0 Å². The van der Waals surface area contributed by atoms with Crippen molar-refractivity contribution in [2.75, 3.05) is 42.7 Å². The molecule has 0 saturated carbocycles. The molecule has 12 heteroatoms. The molecule has 6 aromatic carbocycles. The molecule has 0 unspecified atom stereocenters. The molecule has 0 heterocycles. The van der Waals surface area contributed by atoms with Crippen LogP contribution in [0.1, 0.15) is 66.8 Å². The Labute approximate surface area is 402 Å². The minimum atomic E-state index is 0.559. The lowest BCUT2D eigenvalue weighted by Crippen LogP contribution is -2.07. The molecule has 0 atom stereocenters. The van der Waals surface area contributed by atoms with E-state index >= 15 is 0 Å². The van der Waals surface area contributed by atoms with Gasteiger partial charge in [0, 0.05) is 132 Å². The Morgan fingerprint density at radius 1 is 0.233 bits per heavy atom. The van der Waals surface area contributed by atoms with Gasteiger partial charge in [-0.25, -0.2) is 0 Å². The molecular formula is C48H42Br6O6. The van der Waals surface area contributed by atoms with E-state index in [1.54, 1.807) is 42.7 Å². The summed E-state index contributed by atoms with van der Waals surface area (Å²) in [4.78, 5) is 0. The Hall–Kier alpha value is -3.00. The maximum absolute atomic E-state index is 6.25. The first-order chi connectivity index (χ1) is 28.9. The number of rotatable bonds is 6. The fourth-order valence-corrected chi connectivity index (χ4v) is 12.0. The Morgan fingerprint density at radius 3 is 0.417 bits per heavy atom. The monoisotopic (exact) mass is 1190 g/mol. The van der Waals surface area contributed by atoms with Crippen LogP contribution in [-0.2, 0) is 38.5 Å². The lowest BCUT2D eigenvalue weighted by Gasteiger charge is -2.22. The molecule has 1 aliphatic carbocycles. The predicted molar refractivity (Wildman–Crippen MR) is 261 cm³/mol. The summed E-state index contributed by atoms with van der Waals surface area (Å²) >= 11 is 23.0. The topological polar surface area (TPSA) is 55.4 Å². The fraction of sp³-hybridized carbons (Fsp3) is 0.250. The summed E-state index contributed by atoms with van der Waals surface area (Å²) in [5.74, 6) is 4.84. The van der Waals surface area contributed by atoms with Crippen LogP contribution in [0.25, 0.3) is 0 Å². The van der Waals surface area contributed by atoms with Crippen LogP contribution in [0.4, 0.5) is 0 Å². The van der Waals surface area contributed by atoms with E-state index in [9.17, 15) is 0 Å². The summed E-state index contributed by atoms with van der Waals surface area (Å²) in [5.41, 5.74) is 12.2. The van der Waals surface area contributed by atoms with Gasteiger partial charge in [-0.05, 0) is 72.8 Å². The maximum Gasteiger partial charge on any atom is 0.125 e. The average Bonchev–Trinajstić information content (AvgIpc) is 3.17. The molecule has 0 spiro atoms. The molecule has 0 aromatic heterocycles. The normalized spacial score (nSPS) is 12.6. The smallest absolute Gasteiger partial charge is 0.125 e. The van der Waals surface area contributed by atoms with Gasteiger partial charge < -0.3 is 28.4 Å². The number of hydrogen-bond donors (Lipinski definition) is 0. The SMILES string of the molecule is COc1c2cc(Br)cc1Cc1cc(Br)cc(c1OC)Cc1cc(Br)cc(c1OC)Cc1cc(Br)cc(c1OC)Cc1cc(Br)cc(c1OC)Cc1cc(Br)cc(c1OC)C2. The molecule has 312 valence electrons. The number of ether oxygens (including phenoxy) is 6. The second kappa shape index (κ2) is 19.6. The summed E-state index contributed by atoms with van der Waals surface area (Å²) in [6.45, 7) is 0. The molecule has 6 aromatic rings. The lowest BCUT2D eigenvalue weighted by atomic mass is 9.91. The number of halogens is 6. The first-order valence-electron chi connectivity index (χ1n) is 19.0. The average molecular weight is 1190 g/mol. The molecule has 12 bridgehead atoms. The van der Waals surface area contributed by atoms with Gasteiger partial charge in [-0.1, -0.05) is 95.6 Å². The van der Waals surface area contributed by atoms with Crippen molar-refractivity contribution in [1.82, 2.24) is 0 Å². The van der Waals surface area contributed by atoms with Crippen molar-refractivity contribution in [3.05, 3.63) is 166 Å². The molecule has 6 nitrogen and oxygen atoms in total. The van der Waals surface area contributed by atoms with Crippen molar-refractivity contribution in [3.8, 4) is 34.5 Å². The second-order valence-corrected chi connectivity index (χ2v) is 20.1. The van der Waals surface area contributed by atoms with Crippen molar-refractivity contribution in [3.63, 3.8) is 0 Å². The van der Waals surface area contributed by atoms with Gasteiger partial charge in [-0.15, -0.1) is 0 Å². The molecular weight excluding hydrogens is 1150 g/mol. The van der Waals surface area contributed by atoms with E-state index in [2.05, 4.69) is 168 Å². The first-order valence-corrected chi connectivity index (χ1v) is 23.7. The zero-order chi connectivity index (χ0) is 42.8. The third kappa shape index (κ3) is 9.64. The number of methoxy groups -OCH3 is 6. The van der Waals surface area contributed by atoms with Crippen LogP contribution in [0.3, 0.4) is 0 Å². The predicted octanol–water partition coefficient (Wildman–Crippen LogP) is 14.2. The minimum absolute atomic E-state index is 0.559. The molecule has 0 N–H and O–H groups in total. The van der Waals surface area contributed by atoms with Gasteiger partial charge in [0.25, 0.3) is 0 Å². The molecule has 0 aliphatic heterocycles. The summed E-state index contributed by atoms with van der Waals surface area (Å²) < 4.78 is 43.2. The molecule has 0 saturated heterocycles. The maximum atomic E-state index is 6.25. The summed E-state index contributed by atoms with van der Waals surface area (Å²) in [6.07, 6.45) is 3.35. The van der Waals surface area contributed by atoms with Crippen molar-refractivity contribution >= 4 is 95.6 Å². The zero-order valence-corrected chi connectivity index (χ0v) is 43.4. The molecule has 60 heavy (non-hydrogen) atoms. The van der Waals surface area contributed by atoms with Crippen molar-refractivity contribution < 1.29 is 28.4 Å². The first kappa shape index (κ1) is 45.0. The van der Waals surface area contributed by atoms with Gasteiger partial charge in [0.2, 0.25) is 0 Å². The summed E-state index contributed by atoms with van der Waals surface area (Å²) in [6, 6.07) is 25.5. The highest BCUT2D eigenvalue weighted by molar-refractivity contribution is 9.11. The molecule has 0 amide bonds.